The zero-order valence-electron chi connectivity index (χ0n) is 86.9. The van der Waals surface area contributed by atoms with Crippen LogP contribution >= 0.6 is 31.9 Å². The maximum Gasteiger partial charge on any atom is 0.646 e. The van der Waals surface area contributed by atoms with Crippen LogP contribution in [0.25, 0.3) is 11.1 Å². The van der Waals surface area contributed by atoms with E-state index in [9.17, 15) is 0 Å². The van der Waals surface area contributed by atoms with Gasteiger partial charge in [0.25, 0.3) is 0 Å². The third-order valence-corrected chi connectivity index (χ3v) is 127. The first-order valence-electron chi connectivity index (χ1n) is 59.3. The van der Waals surface area contributed by atoms with Crippen molar-refractivity contribution in [2.24, 2.45) is 0 Å². The zero-order valence-corrected chi connectivity index (χ0v) is 108. The van der Waals surface area contributed by atoms with Crippen molar-refractivity contribution in [3.8, 4) is 11.1 Å². The van der Waals surface area contributed by atoms with Crippen molar-refractivity contribution >= 4 is 190 Å². The summed E-state index contributed by atoms with van der Waals surface area (Å²) >= 11 is 8.06. The van der Waals surface area contributed by atoms with Crippen molar-refractivity contribution in [2.75, 3.05) is 26.4 Å². The van der Waals surface area contributed by atoms with E-state index in [1.807, 2.05) is 0 Å². The van der Waals surface area contributed by atoms with Crippen LogP contribution in [-0.2, 0) is 122 Å². The molecule has 0 aromatic heterocycles. The van der Waals surface area contributed by atoms with Gasteiger partial charge in [-0.25, -0.2) is 0 Å². The first-order valence-corrected chi connectivity index (χ1v) is 95.6. The molecule has 12 saturated heterocycles. The second-order valence-corrected chi connectivity index (χ2v) is 112. The minimum Gasteiger partial charge on any atom is -0.395 e. The predicted octanol–water partition coefficient (Wildman–Crippen LogP) is 27.3. The molecule has 28 nitrogen and oxygen atoms in total. The quantitative estimate of drug-likeness (QED) is 0.0487. The molecule has 0 N–H and O–H groups in total. The van der Waals surface area contributed by atoms with Crippen LogP contribution in [0.4, 0.5) is 0 Å². The smallest absolute Gasteiger partial charge is 0.395 e. The van der Waals surface area contributed by atoms with Crippen molar-refractivity contribution in [2.45, 2.75) is 507 Å². The predicted molar refractivity (Wildman–Crippen MR) is 584 cm³/mol. The molecule has 0 unspecified atom stereocenters. The summed E-state index contributed by atoms with van der Waals surface area (Å²) in [5.41, 5.74) is 3.72. The molecule has 0 spiro atoms. The van der Waals surface area contributed by atoms with E-state index in [1.165, 1.54) is 22.3 Å². The van der Waals surface area contributed by atoms with Gasteiger partial charge in [-0.1, -0.05) is 224 Å². The highest BCUT2D eigenvalue weighted by Crippen LogP contribution is 2.72. The van der Waals surface area contributed by atoms with Gasteiger partial charge in [0, 0.05) is 118 Å². The summed E-state index contributed by atoms with van der Waals surface area (Å²) < 4.78 is 243. The first-order chi connectivity index (χ1) is 70.3. The van der Waals surface area contributed by atoms with E-state index >= 15 is 0 Å². The van der Waals surface area contributed by atoms with Crippen molar-refractivity contribution in [1.82, 2.24) is 0 Å². The Hall–Kier alpha value is 2.18. The van der Waals surface area contributed by atoms with Crippen LogP contribution in [0.3, 0.4) is 0 Å². The molecule has 15 aliphatic carbocycles. The van der Waals surface area contributed by atoms with Crippen LogP contribution in [0, 0.1) is 0 Å². The van der Waals surface area contributed by atoms with Gasteiger partial charge in [-0.05, 0) is 290 Å². The lowest BCUT2D eigenvalue weighted by Crippen LogP contribution is -2.91. The number of hydrogen-bond acceptors (Lipinski definition) is 28. The summed E-state index contributed by atoms with van der Waals surface area (Å²) in [5.74, 6) is 0. The lowest BCUT2D eigenvalue weighted by Gasteiger charge is -2.66. The van der Waals surface area contributed by atoms with E-state index in [1.54, 1.807) is 0 Å². The number of hydrogen-bond donors (Lipinski definition) is 0. The lowest BCUT2D eigenvalue weighted by atomic mass is 9.73. The standard InChI is InChI=1S/C97H164Br2O28Si18/c1-128(2,102-144-122-138(87-51-21-22-52-87)110-132(81-39-9-10-40-81)104-130(79-35-5-6-36-79)105-133(112-138,82-41-11-12-42-82)114-140(124-144,89-55-25-26-56-89)115-134(106-130,83-43-13-14-44-83)113-139(111-132,123-144)88-53-23-24-54-88)73-33-69-100-71-67-97(95-75-77(98)63-65-93(95)94-66-64-78(99)76-96(94)97)68-72-101-70-34-74-129(3,4)103-145-125-141(90-57-27-28-58-90)116-135(84-45-15-16-46-84)107-131(80-37-7-8-38-80)108-136(118-141,85-47-17-18-48-85)120-143(127-145,92-61-31-32-62-92)121-137(109-131,86-49-19-20-50-86)119-142(117-135,126-145)91-59-29-30-60-91/h63-66,75-76,79-92H,5-62,67-74H2,1-4H3. The van der Waals surface area contributed by atoms with Gasteiger partial charge in [-0.15, -0.1) is 0 Å². The topological polar surface area (TPSA) is 258 Å². The van der Waals surface area contributed by atoms with Crippen LogP contribution in [0.5, 0.6) is 0 Å². The average Bonchev–Trinajstić information content (AvgIpc) is 1.58. The van der Waals surface area contributed by atoms with E-state index in [0.29, 0.717) is 26.4 Å². The summed E-state index contributed by atoms with van der Waals surface area (Å²) in [6.45, 7) is 11.5. The van der Waals surface area contributed by atoms with Crippen LogP contribution in [0.1, 0.15) is 396 Å². The van der Waals surface area contributed by atoms with E-state index in [-0.39, 0.29) is 77.6 Å². The van der Waals surface area contributed by atoms with Gasteiger partial charge in [0.15, 0.2) is 16.6 Å². The van der Waals surface area contributed by atoms with Gasteiger partial charge in [-0.2, -0.15) is 0 Å². The Kier molecular flexibility index (Phi) is 29.2. The molecule has 48 heteroatoms. The summed E-state index contributed by atoms with van der Waals surface area (Å²) in [7, 11) is -74.3. The van der Waals surface area contributed by atoms with Crippen LogP contribution in [0.15, 0.2) is 45.3 Å². The van der Waals surface area contributed by atoms with E-state index in [4.69, 9.17) is 116 Å². The molecule has 12 aliphatic heterocycles. The number of halogens is 2. The van der Waals surface area contributed by atoms with Gasteiger partial charge in [-0.3, -0.25) is 0 Å². The fourth-order valence-electron chi connectivity index (χ4n) is 32.9. The summed E-state index contributed by atoms with van der Waals surface area (Å²) in [6.07, 6.45) is 57.6. The largest absolute Gasteiger partial charge is 0.646 e. The number of rotatable bonds is 32. The van der Waals surface area contributed by atoms with Crippen molar-refractivity contribution in [1.29, 1.82) is 0 Å². The van der Waals surface area contributed by atoms with E-state index in [0.717, 1.165) is 406 Å². The van der Waals surface area contributed by atoms with Gasteiger partial charge in [0.2, 0.25) is 0 Å². The highest BCUT2D eigenvalue weighted by Gasteiger charge is 2.93. The maximum absolute atomic E-state index is 8.76. The van der Waals surface area contributed by atoms with Crippen molar-refractivity contribution in [3.63, 3.8) is 0 Å². The molecule has 12 heterocycles. The molecular weight excluding hydrogens is 2280 g/mol. The Labute approximate surface area is 899 Å². The fourth-order valence-corrected chi connectivity index (χ4v) is 152. The summed E-state index contributed by atoms with van der Waals surface area (Å²) in [6, 6.07) is 15.2. The Bertz CT molecular complexity index is 4300. The minimum atomic E-state index is -4.75. The van der Waals surface area contributed by atoms with Gasteiger partial charge in [0.05, 0.1) is 0 Å². The fraction of sp³-hybridized carbons (Fsp3) is 0.876. The molecule has 0 atom stereocenters. The molecule has 16 bridgehead atoms. The molecule has 0 amide bonds. The molecule has 0 radical (unpaired) electrons. The summed E-state index contributed by atoms with van der Waals surface area (Å²) in [4.78, 5) is 0. The van der Waals surface area contributed by atoms with E-state index in [2.05, 4.69) is 94.4 Å². The SMILES string of the molecule is C[Si](C)(CCCOCCC1(CCOCCC[Si](C)(C)O[Si]23O[Si]4(C5CCCC5)O[Si]5(C6CCCC6)O[Si](C6CCCC6)(O2)O[Si]2(C6CCCC6)O[Si](C6CCCC6)(O3)O[Si](C3CCCC3)(O4)O[Si](C3CCCC3)(O5)O2)c2cc(Br)ccc2-c2ccc(Br)cc21)O[Si]12O[Si]3(C4CCCC4)O[Si]4(C5CCCC5)O[Si](C5CCCC5)(O1)O[Si]1(C5CCCC5)O[Si](C5CCCC5)(O2)O[Si](C2CCCC2)(O3)O[Si](C2CCCC2)(O4)O1. The van der Waals surface area contributed by atoms with Crippen molar-refractivity contribution < 1.29 is 116 Å². The van der Waals surface area contributed by atoms with Crippen LogP contribution < -0.4 is 0 Å². The third kappa shape index (κ3) is 18.6. The van der Waals surface area contributed by atoms with Crippen LogP contribution in [-0.4, -0.2) is 184 Å². The van der Waals surface area contributed by atoms with Crippen molar-refractivity contribution in [3.05, 3.63) is 56.5 Å². The number of fused-ring (bicyclic) bond motifs is 3. The highest BCUT2D eigenvalue weighted by atomic mass is 79.9. The number of benzene rings is 2. The Morgan fingerprint density at radius 3 is 0.538 bits per heavy atom. The lowest BCUT2D eigenvalue weighted by molar-refractivity contribution is -0.0659. The molecular formula is C97H164Br2O28Si18. The molecule has 26 fully saturated rings. The number of ether oxygens (including phenoxy) is 2. The molecule has 2 aromatic rings. The molecule has 14 saturated carbocycles. The monoisotopic (exact) mass is 2440 g/mol. The Balaban J connectivity index is 0.486. The minimum absolute atomic E-state index is 0.00596. The van der Waals surface area contributed by atoms with E-state index < -0.39 is 163 Å². The first kappa shape index (κ1) is 105. The second kappa shape index (κ2) is 40.4. The Morgan fingerprint density at radius 2 is 0.379 bits per heavy atom. The second-order valence-electron chi connectivity index (χ2n) is 50.8. The average molecular weight is 2440 g/mol. The highest BCUT2D eigenvalue weighted by molar-refractivity contribution is 9.10. The van der Waals surface area contributed by atoms with Gasteiger partial charge >= 0.3 is 141 Å². The third-order valence-electron chi connectivity index (χ3n) is 40.3. The molecule has 2 aromatic carbocycles. The zero-order chi connectivity index (χ0) is 97.8. The van der Waals surface area contributed by atoms with Crippen LogP contribution in [0.2, 0.25) is 116 Å². The summed E-state index contributed by atoms with van der Waals surface area (Å²) in [5, 5.41) is 0. The maximum atomic E-state index is 8.76. The molecule has 806 valence electrons. The molecule has 145 heavy (non-hydrogen) atoms. The Morgan fingerprint density at radius 1 is 0.228 bits per heavy atom. The van der Waals surface area contributed by atoms with Gasteiger partial charge in [0.1, 0.15) is 0 Å². The van der Waals surface area contributed by atoms with Gasteiger partial charge < -0.3 is 116 Å². The normalized spacial score (nSPS) is 43.3. The molecule has 27 aliphatic rings. The molecule has 29 rings (SSSR count).